The van der Waals surface area contributed by atoms with Gasteiger partial charge in [0.2, 0.25) is 0 Å². The summed E-state index contributed by atoms with van der Waals surface area (Å²) in [5, 5.41) is 29.7. The highest BCUT2D eigenvalue weighted by atomic mass is 16.5. The number of hydrogen-bond donors (Lipinski definition) is 3. The first-order valence-electron chi connectivity index (χ1n) is 8.00. The van der Waals surface area contributed by atoms with Crippen molar-refractivity contribution in [1.82, 2.24) is 0 Å². The molecule has 0 aliphatic heterocycles. The normalized spacial score (nSPS) is 13.2. The number of aliphatic carboxylic acids is 1. The molecule has 7 heteroatoms. The van der Waals surface area contributed by atoms with Crippen LogP contribution in [0.3, 0.4) is 0 Å². The number of aromatic hydroxyl groups is 2. The molecule has 0 radical (unpaired) electrons. The Morgan fingerprint density at radius 1 is 1.11 bits per heavy atom. The summed E-state index contributed by atoms with van der Waals surface area (Å²) in [5.41, 5.74) is 0.0318. The Bertz CT molecular complexity index is 1030. The lowest BCUT2D eigenvalue weighted by Gasteiger charge is -2.21. The predicted molar refractivity (Wildman–Crippen MR) is 95.5 cm³/mol. The number of carbonyl (C=O) groups excluding carboxylic acids is 2. The lowest BCUT2D eigenvalue weighted by Crippen LogP contribution is -2.22. The van der Waals surface area contributed by atoms with Crippen molar-refractivity contribution in [2.45, 2.75) is 13.3 Å². The number of benzene rings is 2. The third-order valence-corrected chi connectivity index (χ3v) is 4.33. The fourth-order valence-corrected chi connectivity index (χ4v) is 3.15. The van der Waals surface area contributed by atoms with Gasteiger partial charge in [0.15, 0.2) is 11.6 Å². The number of carboxylic acid groups (broad SMARTS) is 1. The van der Waals surface area contributed by atoms with Gasteiger partial charge in [-0.2, -0.15) is 0 Å². The van der Waals surface area contributed by atoms with E-state index in [0.717, 1.165) is 6.07 Å². The number of ether oxygens (including phenoxy) is 1. The van der Waals surface area contributed by atoms with Crippen LogP contribution in [0.15, 0.2) is 29.8 Å². The molecule has 0 heterocycles. The van der Waals surface area contributed by atoms with E-state index in [0.29, 0.717) is 5.57 Å². The Morgan fingerprint density at radius 3 is 2.41 bits per heavy atom. The summed E-state index contributed by atoms with van der Waals surface area (Å²) in [6.07, 6.45) is 0.973. The van der Waals surface area contributed by atoms with Crippen molar-refractivity contribution in [2.24, 2.45) is 0 Å². The fourth-order valence-electron chi connectivity index (χ4n) is 3.15. The van der Waals surface area contributed by atoms with Gasteiger partial charge in [-0.05, 0) is 25.1 Å². The molecule has 0 spiro atoms. The van der Waals surface area contributed by atoms with Crippen LogP contribution in [-0.4, -0.2) is 40.0 Å². The molecule has 0 atom stereocenters. The second-order valence-electron chi connectivity index (χ2n) is 6.18. The number of phenols is 2. The number of carbonyl (C=O) groups is 3. The highest BCUT2D eigenvalue weighted by Gasteiger charge is 2.36. The van der Waals surface area contributed by atoms with Crippen molar-refractivity contribution < 1.29 is 34.4 Å². The van der Waals surface area contributed by atoms with Gasteiger partial charge in [-0.25, -0.2) is 0 Å². The smallest absolute Gasteiger partial charge is 0.307 e. The summed E-state index contributed by atoms with van der Waals surface area (Å²) in [6, 6.07) is 5.66. The van der Waals surface area contributed by atoms with Crippen molar-refractivity contribution in [2.75, 3.05) is 7.11 Å². The zero-order valence-corrected chi connectivity index (χ0v) is 14.6. The summed E-state index contributed by atoms with van der Waals surface area (Å²) >= 11 is 0. The monoisotopic (exact) mass is 368 g/mol. The van der Waals surface area contributed by atoms with Gasteiger partial charge in [-0.15, -0.1) is 0 Å². The summed E-state index contributed by atoms with van der Waals surface area (Å²) in [4.78, 5) is 36.6. The minimum atomic E-state index is -1.08. The standard InChI is InChI=1S/C20H16O7/c1-9(7-15(22)23)6-11-13(21)8-12-17(19(11)25)18(24)10-4-3-5-14(27-2)16(10)20(12)26/h3-6,8,21,25H,7H2,1-2H3,(H,22,23)/b9-6-. The molecular formula is C20H16O7. The quantitative estimate of drug-likeness (QED) is 0.647. The van der Waals surface area contributed by atoms with Crippen LogP contribution in [0, 0.1) is 0 Å². The molecule has 1 aliphatic carbocycles. The summed E-state index contributed by atoms with van der Waals surface area (Å²) in [7, 11) is 1.37. The molecule has 0 unspecified atom stereocenters. The Labute approximate surface area is 154 Å². The lowest BCUT2D eigenvalue weighted by molar-refractivity contribution is -0.136. The van der Waals surface area contributed by atoms with Gasteiger partial charge in [0.25, 0.3) is 0 Å². The van der Waals surface area contributed by atoms with E-state index in [-0.39, 0.29) is 40.0 Å². The maximum absolute atomic E-state index is 12.9. The van der Waals surface area contributed by atoms with Gasteiger partial charge in [0, 0.05) is 11.1 Å². The van der Waals surface area contributed by atoms with Crippen LogP contribution in [-0.2, 0) is 4.79 Å². The summed E-state index contributed by atoms with van der Waals surface area (Å²) in [5.74, 6) is -3.00. The SMILES string of the molecule is COc1cccc2c1C(=O)c1cc(O)c(/C=C(/C)CC(=O)O)c(O)c1C2=O. The van der Waals surface area contributed by atoms with Crippen molar-refractivity contribution in [3.63, 3.8) is 0 Å². The zero-order valence-electron chi connectivity index (χ0n) is 14.6. The third-order valence-electron chi connectivity index (χ3n) is 4.33. The number of phenolic OH excluding ortho intramolecular Hbond substituents is 2. The number of ketones is 2. The highest BCUT2D eigenvalue weighted by molar-refractivity contribution is 6.30. The van der Waals surface area contributed by atoms with Gasteiger partial charge in [-0.3, -0.25) is 14.4 Å². The van der Waals surface area contributed by atoms with E-state index in [1.807, 2.05) is 0 Å². The molecule has 1 aliphatic rings. The molecule has 0 amide bonds. The third kappa shape index (κ3) is 2.93. The molecule has 0 aromatic heterocycles. The average Bonchev–Trinajstić information content (AvgIpc) is 2.61. The fraction of sp³-hybridized carbons (Fsp3) is 0.150. The first kappa shape index (κ1) is 18.2. The maximum Gasteiger partial charge on any atom is 0.307 e. The van der Waals surface area contributed by atoms with Crippen molar-refractivity contribution >= 4 is 23.6 Å². The van der Waals surface area contributed by atoms with Crippen LogP contribution in [0.1, 0.15) is 50.8 Å². The molecule has 138 valence electrons. The second kappa shape index (κ2) is 6.60. The molecule has 2 aromatic rings. The van der Waals surface area contributed by atoms with Crippen LogP contribution in [0.4, 0.5) is 0 Å². The summed E-state index contributed by atoms with van der Waals surface area (Å²) in [6.45, 7) is 1.51. The Balaban J connectivity index is 2.23. The van der Waals surface area contributed by atoms with E-state index in [1.165, 1.54) is 26.2 Å². The zero-order chi connectivity index (χ0) is 19.9. The van der Waals surface area contributed by atoms with E-state index in [9.17, 15) is 24.6 Å². The van der Waals surface area contributed by atoms with Crippen molar-refractivity contribution in [3.8, 4) is 17.2 Å². The minimum absolute atomic E-state index is 0.0710. The average molecular weight is 368 g/mol. The highest BCUT2D eigenvalue weighted by Crippen LogP contribution is 2.42. The summed E-state index contributed by atoms with van der Waals surface area (Å²) < 4.78 is 5.16. The number of carboxylic acids is 1. The van der Waals surface area contributed by atoms with E-state index < -0.39 is 29.0 Å². The molecule has 7 nitrogen and oxygen atoms in total. The Morgan fingerprint density at radius 2 is 1.78 bits per heavy atom. The van der Waals surface area contributed by atoms with E-state index in [2.05, 4.69) is 0 Å². The molecule has 0 saturated heterocycles. The van der Waals surface area contributed by atoms with E-state index in [4.69, 9.17) is 9.84 Å². The van der Waals surface area contributed by atoms with Crippen LogP contribution < -0.4 is 4.74 Å². The number of rotatable bonds is 4. The van der Waals surface area contributed by atoms with Gasteiger partial charge in [0.05, 0.1) is 30.2 Å². The molecule has 27 heavy (non-hydrogen) atoms. The molecule has 3 N–H and O–H groups in total. The number of methoxy groups -OCH3 is 1. The molecule has 3 rings (SSSR count). The van der Waals surface area contributed by atoms with Crippen LogP contribution in [0.5, 0.6) is 17.2 Å². The first-order valence-corrected chi connectivity index (χ1v) is 8.00. The van der Waals surface area contributed by atoms with Gasteiger partial charge in [-0.1, -0.05) is 17.7 Å². The van der Waals surface area contributed by atoms with Gasteiger partial charge < -0.3 is 20.1 Å². The topological polar surface area (TPSA) is 121 Å². The predicted octanol–water partition coefficient (Wildman–Crippen LogP) is 2.76. The molecule has 0 saturated carbocycles. The molecule has 0 bridgehead atoms. The number of fused-ring (bicyclic) bond motifs is 2. The van der Waals surface area contributed by atoms with E-state index in [1.54, 1.807) is 12.1 Å². The molecular weight excluding hydrogens is 352 g/mol. The van der Waals surface area contributed by atoms with Gasteiger partial charge >= 0.3 is 5.97 Å². The molecule has 2 aromatic carbocycles. The van der Waals surface area contributed by atoms with Crippen LogP contribution >= 0.6 is 0 Å². The first-order chi connectivity index (χ1) is 12.8. The van der Waals surface area contributed by atoms with Crippen LogP contribution in [0.2, 0.25) is 0 Å². The molecule has 0 fully saturated rings. The largest absolute Gasteiger partial charge is 0.507 e. The minimum Gasteiger partial charge on any atom is -0.507 e. The van der Waals surface area contributed by atoms with Crippen molar-refractivity contribution in [1.29, 1.82) is 0 Å². The van der Waals surface area contributed by atoms with E-state index >= 15 is 0 Å². The Hall–Kier alpha value is -3.61. The van der Waals surface area contributed by atoms with Crippen molar-refractivity contribution in [3.05, 3.63) is 57.7 Å². The maximum atomic E-state index is 12.9. The number of hydrogen-bond acceptors (Lipinski definition) is 6. The Kier molecular flexibility index (Phi) is 4.45. The van der Waals surface area contributed by atoms with Gasteiger partial charge in [0.1, 0.15) is 17.2 Å². The lowest BCUT2D eigenvalue weighted by atomic mass is 9.81. The second-order valence-corrected chi connectivity index (χ2v) is 6.18. The van der Waals surface area contributed by atoms with Crippen LogP contribution in [0.25, 0.3) is 6.08 Å².